The van der Waals surface area contributed by atoms with Crippen LogP contribution in [0.3, 0.4) is 0 Å². The monoisotopic (exact) mass is 1010 g/mol. The number of nitriles is 1. The number of ether oxygens (including phenoxy) is 2. The third-order valence-corrected chi connectivity index (χ3v) is 15.2. The average molecular weight is 1010 g/mol. The number of amides is 3. The first kappa shape index (κ1) is 52.2. The van der Waals surface area contributed by atoms with Crippen LogP contribution in [0.1, 0.15) is 108 Å². The van der Waals surface area contributed by atoms with Gasteiger partial charge >= 0.3 is 6.18 Å². The van der Waals surface area contributed by atoms with Crippen molar-refractivity contribution in [2.75, 3.05) is 36.2 Å². The molecule has 0 bridgehead atoms. The van der Waals surface area contributed by atoms with Crippen LogP contribution in [0.2, 0.25) is 0 Å². The van der Waals surface area contributed by atoms with E-state index in [1.165, 1.54) is 17.4 Å². The van der Waals surface area contributed by atoms with Gasteiger partial charge in [-0.15, -0.1) is 0 Å². The van der Waals surface area contributed by atoms with E-state index in [0.29, 0.717) is 42.2 Å². The summed E-state index contributed by atoms with van der Waals surface area (Å²) in [5.41, 5.74) is -0.316. The Hall–Kier alpha value is -6.16. The SMILES string of the molecule is Cc1ncoc1-c1ccc([C@H](C)NC(=O)[C@@H]2C[C@@H](O)CN2C(=O)[C@@H](CC(=O)COC[C@H]2CC3(C2)C[C@H](COc2ccc(N4C(=S)N(c5ccc(C#N)c(C(F)(F)F)c5)C(=O)C4(C)C)cc2)C3)C(C)(C)C)cc1. The lowest BCUT2D eigenvalue weighted by Gasteiger charge is -2.57. The molecule has 3 amide bonds. The van der Waals surface area contributed by atoms with Gasteiger partial charge in [0.2, 0.25) is 11.8 Å². The number of aryl methyl sites for hydroxylation is 1. The van der Waals surface area contributed by atoms with Crippen molar-refractivity contribution in [1.82, 2.24) is 15.2 Å². The highest BCUT2D eigenvalue weighted by Crippen LogP contribution is 2.61. The number of halogens is 3. The zero-order chi connectivity index (χ0) is 52.1. The van der Waals surface area contributed by atoms with Crippen molar-refractivity contribution >= 4 is 52.2 Å². The van der Waals surface area contributed by atoms with Crippen molar-refractivity contribution < 1.29 is 51.3 Å². The number of nitrogens with zero attached hydrogens (tertiary/aromatic N) is 5. The lowest BCUT2D eigenvalue weighted by atomic mass is 9.48. The molecule has 18 heteroatoms. The summed E-state index contributed by atoms with van der Waals surface area (Å²) < 4.78 is 58.9. The molecule has 0 unspecified atom stereocenters. The number of nitrogens with one attached hydrogen (secondary N) is 1. The number of benzene rings is 3. The van der Waals surface area contributed by atoms with E-state index in [1.54, 1.807) is 49.1 Å². The second-order valence-corrected chi connectivity index (χ2v) is 22.1. The highest BCUT2D eigenvalue weighted by Gasteiger charge is 2.53. The Morgan fingerprint density at radius 3 is 2.22 bits per heavy atom. The first-order valence-electron chi connectivity index (χ1n) is 24.3. The molecule has 2 N–H and O–H groups in total. The number of oxazole rings is 1. The molecule has 1 spiro atoms. The quantitative estimate of drug-likeness (QED) is 0.102. The number of thiocarbonyl (C=S) groups is 1. The third kappa shape index (κ3) is 10.7. The normalized spacial score (nSPS) is 23.6. The number of hydrogen-bond acceptors (Lipinski definition) is 11. The Bertz CT molecular complexity index is 2750. The van der Waals surface area contributed by atoms with E-state index in [2.05, 4.69) is 10.3 Å². The Balaban J connectivity index is 0.764. The van der Waals surface area contributed by atoms with Crippen LogP contribution in [0, 0.1) is 46.8 Å². The van der Waals surface area contributed by atoms with Gasteiger partial charge in [0.05, 0.1) is 53.9 Å². The molecule has 4 aromatic rings. The summed E-state index contributed by atoms with van der Waals surface area (Å²) in [7, 11) is 0. The molecule has 3 aromatic carbocycles. The van der Waals surface area contributed by atoms with E-state index in [4.69, 9.17) is 26.1 Å². The second kappa shape index (κ2) is 20.0. The van der Waals surface area contributed by atoms with E-state index < -0.39 is 52.2 Å². The summed E-state index contributed by atoms with van der Waals surface area (Å²) in [5, 5.41) is 22.9. The Morgan fingerprint density at radius 1 is 0.986 bits per heavy atom. The van der Waals surface area contributed by atoms with Crippen LogP contribution < -0.4 is 19.9 Å². The Labute approximate surface area is 422 Å². The summed E-state index contributed by atoms with van der Waals surface area (Å²) in [6.45, 7) is 13.5. The van der Waals surface area contributed by atoms with E-state index >= 15 is 0 Å². The van der Waals surface area contributed by atoms with Crippen molar-refractivity contribution in [3.63, 3.8) is 0 Å². The molecule has 2 saturated heterocycles. The Kier molecular flexibility index (Phi) is 14.5. The van der Waals surface area contributed by atoms with Gasteiger partial charge in [-0.3, -0.25) is 24.1 Å². The minimum atomic E-state index is -4.80. The zero-order valence-electron chi connectivity index (χ0n) is 41.5. The number of Topliss-reactive ketones (excluding diaryl/α,β-unsaturated/α-hetero) is 1. The first-order valence-corrected chi connectivity index (χ1v) is 24.7. The van der Waals surface area contributed by atoms with Crippen LogP contribution in [-0.4, -0.2) is 87.7 Å². The standard InChI is InChI=1S/C54H61F3N6O8S/c1-31(35-8-10-36(11-9-35)46-32(2)59-30-71-46)60-47(66)45-20-40(64)26-61(45)48(67)44(51(3,4)5)19-41(65)29-69-27-33-21-53(22-33)23-34(24-53)28-70-42-16-14-38(15-17-42)63-50(72)62(49(68)52(63,6)7)39-13-12-37(25-58)43(18-39)54(55,56)57/h8-18,30-31,33-34,40,44-45,64H,19-24,26-29H2,1-7H3,(H,60,66)/t31-,33-,34-,40+,44+,45-,53?/m0/s1. The molecule has 0 radical (unpaired) electrons. The number of carbonyl (C=O) groups is 4. The fourth-order valence-electron chi connectivity index (χ4n) is 11.1. The lowest BCUT2D eigenvalue weighted by molar-refractivity contribution is -0.147. The minimum Gasteiger partial charge on any atom is -0.493 e. The highest BCUT2D eigenvalue weighted by molar-refractivity contribution is 7.81. The average Bonchev–Trinajstić information content (AvgIpc) is 3.96. The van der Waals surface area contributed by atoms with E-state index in [-0.39, 0.29) is 65.8 Å². The van der Waals surface area contributed by atoms with E-state index in [1.807, 2.05) is 58.9 Å². The van der Waals surface area contributed by atoms with Gasteiger partial charge in [-0.05, 0) is 136 Å². The number of rotatable bonds is 16. The molecular weight excluding hydrogens is 950 g/mol. The van der Waals surface area contributed by atoms with Crippen molar-refractivity contribution in [2.24, 2.45) is 28.6 Å². The number of carbonyl (C=O) groups excluding carboxylic acids is 4. The van der Waals surface area contributed by atoms with Gasteiger partial charge in [-0.2, -0.15) is 18.4 Å². The van der Waals surface area contributed by atoms with Gasteiger partial charge in [0.15, 0.2) is 23.0 Å². The molecule has 4 fully saturated rings. The number of aliphatic hydroxyl groups is 1. The number of aliphatic hydroxyl groups excluding tert-OH is 1. The maximum absolute atomic E-state index is 14.2. The second-order valence-electron chi connectivity index (χ2n) is 21.7. The minimum absolute atomic E-state index is 0.000870. The predicted octanol–water partition coefficient (Wildman–Crippen LogP) is 9.12. The largest absolute Gasteiger partial charge is 0.493 e. The number of β-amino-alcohol motifs (C(OH)–C–C–N with tert-alkyl or cyclic N) is 1. The van der Waals surface area contributed by atoms with Crippen molar-refractivity contribution in [1.29, 1.82) is 5.26 Å². The number of likely N-dealkylation sites (tertiary alicyclic amines) is 1. The van der Waals surface area contributed by atoms with Gasteiger partial charge in [-0.25, -0.2) is 4.98 Å². The van der Waals surface area contributed by atoms with Crippen molar-refractivity contribution in [2.45, 2.75) is 117 Å². The summed E-state index contributed by atoms with van der Waals surface area (Å²) in [4.78, 5) is 63.1. The summed E-state index contributed by atoms with van der Waals surface area (Å²) >= 11 is 5.67. The van der Waals surface area contributed by atoms with Gasteiger partial charge in [0.25, 0.3) is 5.91 Å². The Morgan fingerprint density at radius 2 is 1.62 bits per heavy atom. The number of alkyl halides is 3. The van der Waals surface area contributed by atoms with Crippen LogP contribution in [-0.2, 0) is 30.1 Å². The van der Waals surface area contributed by atoms with E-state index in [9.17, 15) is 42.7 Å². The molecule has 2 aliphatic heterocycles. The molecule has 2 saturated carbocycles. The van der Waals surface area contributed by atoms with Gasteiger partial charge in [-0.1, -0.05) is 45.0 Å². The first-order chi connectivity index (χ1) is 33.9. The number of hydrogen-bond donors (Lipinski definition) is 2. The maximum atomic E-state index is 14.2. The molecule has 4 atom stereocenters. The number of aromatic nitrogens is 1. The molecule has 14 nitrogen and oxygen atoms in total. The zero-order valence-corrected chi connectivity index (χ0v) is 42.4. The molecule has 72 heavy (non-hydrogen) atoms. The van der Waals surface area contributed by atoms with Crippen molar-refractivity contribution in [3.8, 4) is 23.1 Å². The molecule has 1 aromatic heterocycles. The third-order valence-electron chi connectivity index (χ3n) is 14.9. The fraction of sp³-hybridized carbons (Fsp3) is 0.500. The fourth-order valence-corrected chi connectivity index (χ4v) is 11.6. The number of anilines is 2. The molecule has 382 valence electrons. The van der Waals surface area contributed by atoms with Gasteiger partial charge < -0.3 is 34.1 Å². The van der Waals surface area contributed by atoms with Crippen molar-refractivity contribution in [3.05, 3.63) is 95.5 Å². The summed E-state index contributed by atoms with van der Waals surface area (Å²) in [6.07, 6.45) is -0.230. The van der Waals surface area contributed by atoms with Gasteiger partial charge in [0.1, 0.15) is 23.9 Å². The lowest BCUT2D eigenvalue weighted by Crippen LogP contribution is -2.50. The molecule has 4 aliphatic rings. The molecule has 2 aliphatic carbocycles. The summed E-state index contributed by atoms with van der Waals surface area (Å²) in [6, 6.07) is 18.0. The van der Waals surface area contributed by atoms with Crippen LogP contribution >= 0.6 is 12.2 Å². The summed E-state index contributed by atoms with van der Waals surface area (Å²) in [5.74, 6) is -0.164. The molecule has 8 rings (SSSR count). The molecular formula is C54H61F3N6O8S. The smallest absolute Gasteiger partial charge is 0.417 e. The van der Waals surface area contributed by atoms with Gasteiger partial charge in [0, 0.05) is 36.6 Å². The predicted molar refractivity (Wildman–Crippen MR) is 265 cm³/mol. The van der Waals surface area contributed by atoms with Crippen LogP contribution in [0.5, 0.6) is 5.75 Å². The van der Waals surface area contributed by atoms with E-state index in [0.717, 1.165) is 59.5 Å². The van der Waals surface area contributed by atoms with Crippen LogP contribution in [0.4, 0.5) is 24.5 Å². The maximum Gasteiger partial charge on any atom is 0.417 e. The van der Waals surface area contributed by atoms with Crippen LogP contribution in [0.25, 0.3) is 11.3 Å². The number of ketones is 1. The van der Waals surface area contributed by atoms with Crippen LogP contribution in [0.15, 0.2) is 77.5 Å². The highest BCUT2D eigenvalue weighted by atomic mass is 32.1. The topological polar surface area (TPSA) is 179 Å². The molecule has 3 heterocycles.